The van der Waals surface area contributed by atoms with Crippen LogP contribution in [0.2, 0.25) is 0 Å². The SMILES string of the molecule is CCc1cccc(CC)c1NC(=O)CSc1ccc(C(C)(C)C)cc1. The number of rotatable bonds is 6. The quantitative estimate of drug-likeness (QED) is 0.660. The fourth-order valence-electron chi connectivity index (χ4n) is 2.78. The largest absolute Gasteiger partial charge is 0.325 e. The third kappa shape index (κ3) is 5.37. The van der Waals surface area contributed by atoms with E-state index in [1.807, 2.05) is 0 Å². The molecule has 2 rings (SSSR count). The first-order valence-electron chi connectivity index (χ1n) is 8.99. The van der Waals surface area contributed by atoms with E-state index in [0.717, 1.165) is 23.4 Å². The second-order valence-corrected chi connectivity index (χ2v) is 8.32. The third-order valence-corrected chi connectivity index (χ3v) is 5.37. The number of hydrogen-bond acceptors (Lipinski definition) is 2. The average molecular weight is 356 g/mol. The van der Waals surface area contributed by atoms with Crippen LogP contribution in [-0.4, -0.2) is 11.7 Å². The number of thioether (sulfide) groups is 1. The Morgan fingerprint density at radius 3 is 2.00 bits per heavy atom. The number of nitrogens with one attached hydrogen (secondary N) is 1. The van der Waals surface area contributed by atoms with Crippen molar-refractivity contribution >= 4 is 23.4 Å². The molecule has 0 saturated carbocycles. The second-order valence-electron chi connectivity index (χ2n) is 7.27. The van der Waals surface area contributed by atoms with Crippen LogP contribution in [-0.2, 0) is 23.1 Å². The van der Waals surface area contributed by atoms with E-state index >= 15 is 0 Å². The lowest BCUT2D eigenvalue weighted by Gasteiger charge is -2.19. The summed E-state index contributed by atoms with van der Waals surface area (Å²) in [5, 5.41) is 3.13. The number of aryl methyl sites for hydroxylation is 2. The molecule has 0 aliphatic rings. The summed E-state index contributed by atoms with van der Waals surface area (Å²) in [4.78, 5) is 13.5. The Labute approximate surface area is 156 Å². The van der Waals surface area contributed by atoms with Gasteiger partial charge in [0, 0.05) is 10.6 Å². The minimum Gasteiger partial charge on any atom is -0.325 e. The molecular formula is C22H29NOS. The molecule has 0 spiro atoms. The standard InChI is InChI=1S/C22H29NOS/c1-6-16-9-8-10-17(7-2)21(16)23-20(24)15-25-19-13-11-18(12-14-19)22(3,4)5/h8-14H,6-7,15H2,1-5H3,(H,23,24). The Bertz CT molecular complexity index is 692. The van der Waals surface area contributed by atoms with Crippen LogP contribution in [0, 0.1) is 0 Å². The van der Waals surface area contributed by atoms with Crippen LogP contribution in [0.5, 0.6) is 0 Å². The van der Waals surface area contributed by atoms with Crippen LogP contribution >= 0.6 is 11.8 Å². The highest BCUT2D eigenvalue weighted by Gasteiger charge is 2.14. The molecule has 0 unspecified atom stereocenters. The van der Waals surface area contributed by atoms with Crippen molar-refractivity contribution in [1.29, 1.82) is 0 Å². The van der Waals surface area contributed by atoms with E-state index in [0.29, 0.717) is 5.75 Å². The second kappa shape index (κ2) is 8.57. The van der Waals surface area contributed by atoms with Gasteiger partial charge >= 0.3 is 0 Å². The lowest BCUT2D eigenvalue weighted by Crippen LogP contribution is -2.16. The molecule has 25 heavy (non-hydrogen) atoms. The Hall–Kier alpha value is -1.74. The normalized spacial score (nSPS) is 11.4. The van der Waals surface area contributed by atoms with Crippen LogP contribution in [0.4, 0.5) is 5.69 Å². The van der Waals surface area contributed by atoms with Gasteiger partial charge < -0.3 is 5.32 Å². The van der Waals surface area contributed by atoms with Gasteiger partial charge in [-0.05, 0) is 47.1 Å². The predicted molar refractivity (Wildman–Crippen MR) is 110 cm³/mol. The van der Waals surface area contributed by atoms with Gasteiger partial charge in [-0.1, -0.05) is 65.0 Å². The molecule has 2 nitrogen and oxygen atoms in total. The van der Waals surface area contributed by atoms with Gasteiger partial charge in [-0.2, -0.15) is 0 Å². The van der Waals surface area contributed by atoms with E-state index in [4.69, 9.17) is 0 Å². The molecule has 1 N–H and O–H groups in total. The van der Waals surface area contributed by atoms with Crippen molar-refractivity contribution in [2.75, 3.05) is 11.1 Å². The first-order chi connectivity index (χ1) is 11.8. The summed E-state index contributed by atoms with van der Waals surface area (Å²) in [6, 6.07) is 14.8. The van der Waals surface area contributed by atoms with Crippen LogP contribution in [0.25, 0.3) is 0 Å². The lowest BCUT2D eigenvalue weighted by atomic mass is 9.87. The van der Waals surface area contributed by atoms with Crippen molar-refractivity contribution in [1.82, 2.24) is 0 Å². The molecule has 0 heterocycles. The molecule has 2 aromatic rings. The Balaban J connectivity index is 2.00. The number of carbonyl (C=O) groups is 1. The monoisotopic (exact) mass is 355 g/mol. The number of para-hydroxylation sites is 1. The van der Waals surface area contributed by atoms with Crippen LogP contribution in [0.3, 0.4) is 0 Å². The predicted octanol–water partition coefficient (Wildman–Crippen LogP) is 5.84. The van der Waals surface area contributed by atoms with Gasteiger partial charge in [-0.25, -0.2) is 0 Å². The van der Waals surface area contributed by atoms with Crippen LogP contribution < -0.4 is 5.32 Å². The molecule has 2 aromatic carbocycles. The van der Waals surface area contributed by atoms with E-state index in [1.165, 1.54) is 16.7 Å². The molecule has 0 saturated heterocycles. The summed E-state index contributed by atoms with van der Waals surface area (Å²) in [5.74, 6) is 0.483. The summed E-state index contributed by atoms with van der Waals surface area (Å²) >= 11 is 1.58. The van der Waals surface area contributed by atoms with Gasteiger partial charge in [0.2, 0.25) is 5.91 Å². The fraction of sp³-hybridized carbons (Fsp3) is 0.409. The maximum atomic E-state index is 12.4. The maximum Gasteiger partial charge on any atom is 0.234 e. The number of anilines is 1. The summed E-state index contributed by atoms with van der Waals surface area (Å²) in [6.45, 7) is 10.9. The molecule has 1 amide bonds. The first kappa shape index (κ1) is 19.6. The molecule has 0 aliphatic carbocycles. The summed E-state index contributed by atoms with van der Waals surface area (Å²) < 4.78 is 0. The Morgan fingerprint density at radius 1 is 0.960 bits per heavy atom. The smallest absolute Gasteiger partial charge is 0.234 e. The topological polar surface area (TPSA) is 29.1 Å². The van der Waals surface area contributed by atoms with E-state index < -0.39 is 0 Å². The van der Waals surface area contributed by atoms with Crippen molar-refractivity contribution < 1.29 is 4.79 Å². The van der Waals surface area contributed by atoms with Crippen LogP contribution in [0.1, 0.15) is 51.3 Å². The molecular weight excluding hydrogens is 326 g/mol. The average Bonchev–Trinajstić information content (AvgIpc) is 2.59. The summed E-state index contributed by atoms with van der Waals surface area (Å²) in [6.07, 6.45) is 1.84. The van der Waals surface area contributed by atoms with Crippen molar-refractivity contribution in [3.8, 4) is 0 Å². The Morgan fingerprint density at radius 2 is 1.52 bits per heavy atom. The molecule has 134 valence electrons. The number of amides is 1. The number of benzene rings is 2. The minimum absolute atomic E-state index is 0.0560. The van der Waals surface area contributed by atoms with E-state index in [1.54, 1.807) is 11.8 Å². The summed E-state index contributed by atoms with van der Waals surface area (Å²) in [7, 11) is 0. The van der Waals surface area contributed by atoms with Crippen molar-refractivity contribution in [2.24, 2.45) is 0 Å². The third-order valence-electron chi connectivity index (χ3n) is 4.35. The molecule has 0 fully saturated rings. The number of hydrogen-bond donors (Lipinski definition) is 1. The van der Waals surface area contributed by atoms with Crippen molar-refractivity contribution in [3.63, 3.8) is 0 Å². The van der Waals surface area contributed by atoms with Gasteiger partial charge in [0.1, 0.15) is 0 Å². The van der Waals surface area contributed by atoms with Gasteiger partial charge in [-0.3, -0.25) is 4.79 Å². The zero-order chi connectivity index (χ0) is 18.4. The van der Waals surface area contributed by atoms with Gasteiger partial charge in [0.05, 0.1) is 5.75 Å². The lowest BCUT2D eigenvalue weighted by molar-refractivity contribution is -0.113. The zero-order valence-corrected chi connectivity index (χ0v) is 16.8. The maximum absolute atomic E-state index is 12.4. The van der Waals surface area contributed by atoms with E-state index in [2.05, 4.69) is 82.4 Å². The van der Waals surface area contributed by atoms with Gasteiger partial charge in [-0.15, -0.1) is 11.8 Å². The highest BCUT2D eigenvalue weighted by molar-refractivity contribution is 8.00. The van der Waals surface area contributed by atoms with Crippen molar-refractivity contribution in [2.45, 2.75) is 57.8 Å². The Kier molecular flexibility index (Phi) is 6.71. The number of carbonyl (C=O) groups excluding carboxylic acids is 1. The highest BCUT2D eigenvalue weighted by Crippen LogP contribution is 2.26. The fourth-order valence-corrected chi connectivity index (χ4v) is 3.48. The summed E-state index contributed by atoms with van der Waals surface area (Å²) in [5.41, 5.74) is 4.87. The molecule has 0 atom stereocenters. The minimum atomic E-state index is 0.0560. The van der Waals surface area contributed by atoms with E-state index in [-0.39, 0.29) is 11.3 Å². The molecule has 0 aromatic heterocycles. The van der Waals surface area contributed by atoms with E-state index in [9.17, 15) is 4.79 Å². The van der Waals surface area contributed by atoms with Gasteiger partial charge in [0.25, 0.3) is 0 Å². The molecule has 0 radical (unpaired) electrons. The first-order valence-corrected chi connectivity index (χ1v) is 9.97. The highest BCUT2D eigenvalue weighted by atomic mass is 32.2. The molecule has 0 aliphatic heterocycles. The molecule has 3 heteroatoms. The van der Waals surface area contributed by atoms with Crippen molar-refractivity contribution in [3.05, 3.63) is 59.2 Å². The molecule has 0 bridgehead atoms. The van der Waals surface area contributed by atoms with Crippen LogP contribution in [0.15, 0.2) is 47.4 Å². The van der Waals surface area contributed by atoms with Gasteiger partial charge in [0.15, 0.2) is 0 Å². The zero-order valence-electron chi connectivity index (χ0n) is 16.0.